The van der Waals surface area contributed by atoms with E-state index in [4.69, 9.17) is 4.74 Å². The average Bonchev–Trinajstić information content (AvgIpc) is 3.07. The van der Waals surface area contributed by atoms with Gasteiger partial charge in [-0.3, -0.25) is 10.1 Å². The first-order valence-electron chi connectivity index (χ1n) is 10.1. The van der Waals surface area contributed by atoms with Crippen molar-refractivity contribution in [3.8, 4) is 0 Å². The van der Waals surface area contributed by atoms with Gasteiger partial charge in [0.1, 0.15) is 6.04 Å². The third-order valence-corrected chi connectivity index (χ3v) is 7.32. The Morgan fingerprint density at radius 2 is 1.66 bits per heavy atom. The first kappa shape index (κ1) is 24.0. The number of carboxylic acid groups (broad SMARTS) is 1. The molecular formula is C22H26N2O6S2. The number of hydrogen-bond donors (Lipinski definition) is 3. The quantitative estimate of drug-likeness (QED) is 0.433. The molecule has 172 valence electrons. The van der Waals surface area contributed by atoms with Crippen molar-refractivity contribution in [2.24, 2.45) is 11.8 Å². The summed E-state index contributed by atoms with van der Waals surface area (Å²) in [6.07, 6.45) is -0.531. The molecule has 1 amide bonds. The number of sulfonamides is 1. The van der Waals surface area contributed by atoms with Gasteiger partial charge in [0.05, 0.1) is 11.5 Å². The van der Waals surface area contributed by atoms with Crippen LogP contribution < -0.4 is 10.0 Å². The highest BCUT2D eigenvalue weighted by atomic mass is 32.2. The van der Waals surface area contributed by atoms with Gasteiger partial charge in [-0.1, -0.05) is 39.8 Å². The van der Waals surface area contributed by atoms with Gasteiger partial charge in [-0.25, -0.2) is 13.2 Å². The largest absolute Gasteiger partial charge is 0.480 e. The van der Waals surface area contributed by atoms with Gasteiger partial charge in [0, 0.05) is 25.9 Å². The molecule has 3 aromatic rings. The molecule has 0 bridgehead atoms. The van der Waals surface area contributed by atoms with Gasteiger partial charge in [0.25, 0.3) is 0 Å². The second kappa shape index (κ2) is 9.43. The molecule has 1 atom stereocenters. The topological polar surface area (TPSA) is 122 Å². The van der Waals surface area contributed by atoms with Crippen LogP contribution in [0.2, 0.25) is 0 Å². The highest BCUT2D eigenvalue weighted by Crippen LogP contribution is 2.36. The number of amides is 1. The Labute approximate surface area is 190 Å². The molecule has 8 nitrogen and oxygen atoms in total. The summed E-state index contributed by atoms with van der Waals surface area (Å²) >= 11 is 1.38. The van der Waals surface area contributed by atoms with Crippen molar-refractivity contribution in [2.45, 2.75) is 38.6 Å². The lowest BCUT2D eigenvalue weighted by atomic mass is 10.1. The number of aliphatic carboxylic acids is 1. The normalized spacial score (nSPS) is 13.1. The van der Waals surface area contributed by atoms with Crippen LogP contribution >= 0.6 is 11.3 Å². The third kappa shape index (κ3) is 5.37. The third-order valence-electron chi connectivity index (χ3n) is 4.76. The van der Waals surface area contributed by atoms with Crippen molar-refractivity contribution in [3.63, 3.8) is 0 Å². The molecule has 3 rings (SSSR count). The van der Waals surface area contributed by atoms with E-state index in [9.17, 15) is 23.1 Å². The SMILES string of the molecule is CC(C)COC(=O)Nc1ccc2c(c1)sc1cc(S(=O)(=O)N[C@H](C(=O)O)C(C)C)ccc12. The fraction of sp³-hybridized carbons (Fsp3) is 0.364. The molecule has 32 heavy (non-hydrogen) atoms. The minimum Gasteiger partial charge on any atom is -0.480 e. The highest BCUT2D eigenvalue weighted by molar-refractivity contribution is 7.89. The monoisotopic (exact) mass is 478 g/mol. The average molecular weight is 479 g/mol. The molecule has 0 fully saturated rings. The Morgan fingerprint density at radius 3 is 2.25 bits per heavy atom. The van der Waals surface area contributed by atoms with Crippen molar-refractivity contribution >= 4 is 59.3 Å². The van der Waals surface area contributed by atoms with E-state index in [2.05, 4.69) is 10.0 Å². The number of anilines is 1. The van der Waals surface area contributed by atoms with E-state index in [1.165, 1.54) is 23.5 Å². The summed E-state index contributed by atoms with van der Waals surface area (Å²) in [7, 11) is -4.01. The van der Waals surface area contributed by atoms with Crippen LogP contribution in [0.3, 0.4) is 0 Å². The van der Waals surface area contributed by atoms with Gasteiger partial charge >= 0.3 is 12.1 Å². The molecule has 0 saturated heterocycles. The molecule has 0 unspecified atom stereocenters. The molecule has 1 aromatic heterocycles. The van der Waals surface area contributed by atoms with Gasteiger partial charge in [-0.15, -0.1) is 11.3 Å². The van der Waals surface area contributed by atoms with Crippen molar-refractivity contribution < 1.29 is 27.9 Å². The van der Waals surface area contributed by atoms with Gasteiger partial charge in [0.15, 0.2) is 0 Å². The maximum Gasteiger partial charge on any atom is 0.411 e. The summed E-state index contributed by atoms with van der Waals surface area (Å²) in [6.45, 7) is 7.50. The van der Waals surface area contributed by atoms with Crippen molar-refractivity contribution in [2.75, 3.05) is 11.9 Å². The molecule has 10 heteroatoms. The summed E-state index contributed by atoms with van der Waals surface area (Å²) in [4.78, 5) is 23.3. The standard InChI is InChI=1S/C22H26N2O6S2/c1-12(2)11-30-22(27)23-14-5-7-16-17-8-6-15(10-19(17)31-18(16)9-14)32(28,29)24-20(13(3)4)21(25)26/h5-10,12-13,20,24H,11H2,1-4H3,(H,23,27)(H,25,26)/t20-/m0/s1. The maximum atomic E-state index is 12.8. The lowest BCUT2D eigenvalue weighted by molar-refractivity contribution is -0.140. The Hall–Kier alpha value is -2.69. The molecule has 0 radical (unpaired) electrons. The minimum atomic E-state index is -4.01. The summed E-state index contributed by atoms with van der Waals surface area (Å²) in [5, 5.41) is 13.8. The molecule has 0 aliphatic heterocycles. The van der Waals surface area contributed by atoms with Gasteiger partial charge in [-0.2, -0.15) is 4.72 Å². The lowest BCUT2D eigenvalue weighted by Crippen LogP contribution is -2.44. The molecule has 0 aliphatic rings. The van der Waals surface area contributed by atoms with Gasteiger partial charge in [-0.05, 0) is 36.1 Å². The fourth-order valence-corrected chi connectivity index (χ4v) is 5.73. The zero-order valence-corrected chi connectivity index (χ0v) is 19.8. The molecule has 2 aromatic carbocycles. The second-order valence-corrected chi connectivity index (χ2v) is 11.1. The molecule has 3 N–H and O–H groups in total. The number of rotatable bonds is 8. The summed E-state index contributed by atoms with van der Waals surface area (Å²) in [6, 6.07) is 8.91. The molecule has 1 heterocycles. The van der Waals surface area contributed by atoms with Crippen LogP contribution in [0.5, 0.6) is 0 Å². The van der Waals surface area contributed by atoms with E-state index in [0.717, 1.165) is 20.2 Å². The molecular weight excluding hydrogens is 452 g/mol. The first-order chi connectivity index (χ1) is 15.0. The number of nitrogens with one attached hydrogen (secondary N) is 2. The minimum absolute atomic E-state index is 0.000863. The van der Waals surface area contributed by atoms with E-state index < -0.39 is 34.0 Å². The first-order valence-corrected chi connectivity index (χ1v) is 12.4. The Kier molecular flexibility index (Phi) is 7.06. The van der Waals surface area contributed by atoms with Crippen molar-refractivity contribution in [1.82, 2.24) is 4.72 Å². The lowest BCUT2D eigenvalue weighted by Gasteiger charge is -2.18. The van der Waals surface area contributed by atoms with Crippen LogP contribution in [-0.4, -0.2) is 38.2 Å². The number of fused-ring (bicyclic) bond motifs is 3. The number of carbonyl (C=O) groups excluding carboxylic acids is 1. The molecule has 0 aliphatic carbocycles. The van der Waals surface area contributed by atoms with Crippen LogP contribution in [-0.2, 0) is 19.6 Å². The zero-order valence-electron chi connectivity index (χ0n) is 18.2. The van der Waals surface area contributed by atoms with Crippen LogP contribution in [0.4, 0.5) is 10.5 Å². The number of benzene rings is 2. The van der Waals surface area contributed by atoms with Gasteiger partial charge < -0.3 is 9.84 Å². The van der Waals surface area contributed by atoms with Crippen LogP contribution in [0, 0.1) is 11.8 Å². The van der Waals surface area contributed by atoms with Crippen LogP contribution in [0.15, 0.2) is 41.3 Å². The number of thiophene rings is 1. The Balaban J connectivity index is 1.89. The van der Waals surface area contributed by atoms with Crippen molar-refractivity contribution in [3.05, 3.63) is 36.4 Å². The Bertz CT molecular complexity index is 1260. The maximum absolute atomic E-state index is 12.8. The summed E-state index contributed by atoms with van der Waals surface area (Å²) in [5.74, 6) is -1.40. The van der Waals surface area contributed by atoms with Crippen molar-refractivity contribution in [1.29, 1.82) is 0 Å². The van der Waals surface area contributed by atoms with E-state index in [-0.39, 0.29) is 10.8 Å². The predicted molar refractivity (Wildman–Crippen MR) is 126 cm³/mol. The van der Waals surface area contributed by atoms with E-state index >= 15 is 0 Å². The molecule has 0 spiro atoms. The highest BCUT2D eigenvalue weighted by Gasteiger charge is 2.28. The number of ether oxygens (including phenoxy) is 1. The van der Waals surface area contributed by atoms with E-state index in [1.54, 1.807) is 26.0 Å². The Morgan fingerprint density at radius 1 is 1.03 bits per heavy atom. The smallest absolute Gasteiger partial charge is 0.411 e. The summed E-state index contributed by atoms with van der Waals surface area (Å²) in [5.41, 5.74) is 0.577. The number of hydrogen-bond acceptors (Lipinski definition) is 6. The second-order valence-electron chi connectivity index (χ2n) is 8.27. The fourth-order valence-electron chi connectivity index (χ4n) is 3.11. The predicted octanol–water partition coefficient (Wildman–Crippen LogP) is 4.65. The van der Waals surface area contributed by atoms with E-state index in [1.807, 2.05) is 26.0 Å². The number of carbonyl (C=O) groups is 2. The molecule has 0 saturated carbocycles. The van der Waals surface area contributed by atoms with Gasteiger partial charge in [0.2, 0.25) is 10.0 Å². The van der Waals surface area contributed by atoms with E-state index in [0.29, 0.717) is 12.3 Å². The zero-order chi connectivity index (χ0) is 23.6. The number of carboxylic acids is 1. The van der Waals surface area contributed by atoms with Crippen LogP contribution in [0.25, 0.3) is 20.2 Å². The van der Waals surface area contributed by atoms with Crippen LogP contribution in [0.1, 0.15) is 27.7 Å². The summed E-state index contributed by atoms with van der Waals surface area (Å²) < 4.78 is 34.5.